The molecule has 2 heteroatoms. The number of rotatable bonds is 3. The molecule has 0 bridgehead atoms. The molecule has 14 heavy (non-hydrogen) atoms. The molecule has 78 valence electrons. The van der Waals surface area contributed by atoms with Gasteiger partial charge in [-0.25, -0.2) is 0 Å². The van der Waals surface area contributed by atoms with Gasteiger partial charge in [-0.3, -0.25) is 0 Å². The monoisotopic (exact) mass is 193 g/mol. The van der Waals surface area contributed by atoms with E-state index in [0.717, 1.165) is 11.4 Å². The number of benzene rings is 1. The molecule has 2 nitrogen and oxygen atoms in total. The molecule has 0 aliphatic carbocycles. The van der Waals surface area contributed by atoms with E-state index < -0.39 is 0 Å². The summed E-state index contributed by atoms with van der Waals surface area (Å²) in [5.74, 6) is 1.46. The Balaban J connectivity index is 3.33. The minimum Gasteiger partial charge on any atom is -0.494 e. The summed E-state index contributed by atoms with van der Waals surface area (Å²) in [4.78, 5) is 0. The van der Waals surface area contributed by atoms with Crippen molar-refractivity contribution < 1.29 is 4.74 Å². The molecule has 0 aliphatic heterocycles. The first-order chi connectivity index (χ1) is 6.61. The van der Waals surface area contributed by atoms with E-state index in [1.165, 1.54) is 11.1 Å². The van der Waals surface area contributed by atoms with E-state index in [9.17, 15) is 0 Å². The standard InChI is InChI=1S/C12H19NO/c1-8(2)10-7-6-9(3)11(13-4)12(10)14-5/h6-8,13H,1-5H3. The van der Waals surface area contributed by atoms with Gasteiger partial charge in [-0.15, -0.1) is 0 Å². The number of hydrogen-bond donors (Lipinski definition) is 1. The van der Waals surface area contributed by atoms with E-state index in [-0.39, 0.29) is 0 Å². The highest BCUT2D eigenvalue weighted by atomic mass is 16.5. The van der Waals surface area contributed by atoms with E-state index in [1.54, 1.807) is 7.11 Å². The minimum absolute atomic E-state index is 0.484. The quantitative estimate of drug-likeness (QED) is 0.796. The van der Waals surface area contributed by atoms with Gasteiger partial charge in [-0.2, -0.15) is 0 Å². The van der Waals surface area contributed by atoms with Gasteiger partial charge >= 0.3 is 0 Å². The van der Waals surface area contributed by atoms with Gasteiger partial charge in [0.05, 0.1) is 12.8 Å². The van der Waals surface area contributed by atoms with E-state index in [2.05, 4.69) is 38.2 Å². The zero-order chi connectivity index (χ0) is 10.7. The van der Waals surface area contributed by atoms with Crippen LogP contribution >= 0.6 is 0 Å². The van der Waals surface area contributed by atoms with Crippen molar-refractivity contribution in [2.75, 3.05) is 19.5 Å². The lowest BCUT2D eigenvalue weighted by atomic mass is 9.99. The number of hydrogen-bond acceptors (Lipinski definition) is 2. The zero-order valence-corrected chi connectivity index (χ0v) is 9.64. The van der Waals surface area contributed by atoms with Crippen molar-refractivity contribution in [2.45, 2.75) is 26.7 Å². The topological polar surface area (TPSA) is 21.3 Å². The molecule has 0 aliphatic rings. The third-order valence-electron chi connectivity index (χ3n) is 2.47. The molecule has 0 saturated heterocycles. The van der Waals surface area contributed by atoms with Crippen LogP contribution < -0.4 is 10.1 Å². The summed E-state index contributed by atoms with van der Waals surface area (Å²) in [6.45, 7) is 6.43. The molecule has 0 fully saturated rings. The highest BCUT2D eigenvalue weighted by molar-refractivity contribution is 5.65. The van der Waals surface area contributed by atoms with Crippen LogP contribution in [0.3, 0.4) is 0 Å². The van der Waals surface area contributed by atoms with Crippen LogP contribution in [-0.2, 0) is 0 Å². The van der Waals surface area contributed by atoms with Gasteiger partial charge in [-0.05, 0) is 24.0 Å². The van der Waals surface area contributed by atoms with Crippen LogP contribution in [-0.4, -0.2) is 14.2 Å². The first-order valence-electron chi connectivity index (χ1n) is 4.97. The second-order valence-corrected chi connectivity index (χ2v) is 3.78. The van der Waals surface area contributed by atoms with Crippen molar-refractivity contribution in [3.05, 3.63) is 23.3 Å². The van der Waals surface area contributed by atoms with Crippen molar-refractivity contribution in [3.8, 4) is 5.75 Å². The Morgan fingerprint density at radius 3 is 2.36 bits per heavy atom. The molecule has 1 N–H and O–H groups in total. The average Bonchev–Trinajstić information content (AvgIpc) is 2.16. The van der Waals surface area contributed by atoms with Gasteiger partial charge in [-0.1, -0.05) is 26.0 Å². The van der Waals surface area contributed by atoms with Crippen molar-refractivity contribution >= 4 is 5.69 Å². The van der Waals surface area contributed by atoms with Crippen molar-refractivity contribution in [2.24, 2.45) is 0 Å². The van der Waals surface area contributed by atoms with Crippen LogP contribution in [0.5, 0.6) is 5.75 Å². The summed E-state index contributed by atoms with van der Waals surface area (Å²) in [5, 5.41) is 3.19. The van der Waals surface area contributed by atoms with Gasteiger partial charge in [0.15, 0.2) is 0 Å². The van der Waals surface area contributed by atoms with Gasteiger partial charge in [0.25, 0.3) is 0 Å². The molecule has 0 amide bonds. The van der Waals surface area contributed by atoms with Gasteiger partial charge < -0.3 is 10.1 Å². The molecule has 0 unspecified atom stereocenters. The predicted octanol–water partition coefficient (Wildman–Crippen LogP) is 3.17. The molecule has 0 spiro atoms. The molecule has 1 aromatic rings. The maximum Gasteiger partial charge on any atom is 0.145 e. The SMILES string of the molecule is CNc1c(C)ccc(C(C)C)c1OC. The Kier molecular flexibility index (Phi) is 3.39. The number of anilines is 1. The van der Waals surface area contributed by atoms with Crippen LogP contribution in [0.15, 0.2) is 12.1 Å². The molecule has 0 atom stereocenters. The van der Waals surface area contributed by atoms with E-state index in [0.29, 0.717) is 5.92 Å². The number of ether oxygens (including phenoxy) is 1. The van der Waals surface area contributed by atoms with Crippen molar-refractivity contribution in [1.82, 2.24) is 0 Å². The maximum absolute atomic E-state index is 5.45. The Hall–Kier alpha value is -1.18. The first-order valence-corrected chi connectivity index (χ1v) is 4.97. The third kappa shape index (κ3) is 1.84. The maximum atomic E-state index is 5.45. The Morgan fingerprint density at radius 1 is 1.29 bits per heavy atom. The van der Waals surface area contributed by atoms with Crippen LogP contribution in [0.4, 0.5) is 5.69 Å². The van der Waals surface area contributed by atoms with Crippen LogP contribution in [0.1, 0.15) is 30.9 Å². The second-order valence-electron chi connectivity index (χ2n) is 3.78. The van der Waals surface area contributed by atoms with Gasteiger partial charge in [0.2, 0.25) is 0 Å². The second kappa shape index (κ2) is 4.36. The van der Waals surface area contributed by atoms with E-state index >= 15 is 0 Å². The Morgan fingerprint density at radius 2 is 1.93 bits per heavy atom. The Bertz CT molecular complexity index is 318. The molecular formula is C12H19NO. The highest BCUT2D eigenvalue weighted by Gasteiger charge is 2.12. The largest absolute Gasteiger partial charge is 0.494 e. The van der Waals surface area contributed by atoms with Gasteiger partial charge in [0.1, 0.15) is 5.75 Å². The number of methoxy groups -OCH3 is 1. The smallest absolute Gasteiger partial charge is 0.145 e. The zero-order valence-electron chi connectivity index (χ0n) is 9.64. The number of aryl methyl sites for hydroxylation is 1. The summed E-state index contributed by atoms with van der Waals surface area (Å²) < 4.78 is 5.45. The van der Waals surface area contributed by atoms with Crippen molar-refractivity contribution in [3.63, 3.8) is 0 Å². The summed E-state index contributed by atoms with van der Waals surface area (Å²) >= 11 is 0. The molecular weight excluding hydrogens is 174 g/mol. The molecule has 0 radical (unpaired) electrons. The predicted molar refractivity (Wildman–Crippen MR) is 61.4 cm³/mol. The van der Waals surface area contributed by atoms with Crippen LogP contribution in [0, 0.1) is 6.92 Å². The first kappa shape index (κ1) is 10.9. The third-order valence-corrected chi connectivity index (χ3v) is 2.47. The summed E-state index contributed by atoms with van der Waals surface area (Å²) in [7, 11) is 3.65. The number of nitrogens with one attached hydrogen (secondary N) is 1. The average molecular weight is 193 g/mol. The molecule has 1 aromatic carbocycles. The summed E-state index contributed by atoms with van der Waals surface area (Å²) in [6.07, 6.45) is 0. The molecule has 0 saturated carbocycles. The highest BCUT2D eigenvalue weighted by Crippen LogP contribution is 2.35. The Labute approximate surface area is 86.3 Å². The minimum atomic E-state index is 0.484. The lowest BCUT2D eigenvalue weighted by molar-refractivity contribution is 0.409. The molecule has 0 heterocycles. The fourth-order valence-electron chi connectivity index (χ4n) is 1.68. The van der Waals surface area contributed by atoms with Crippen LogP contribution in [0.25, 0.3) is 0 Å². The molecule has 0 aromatic heterocycles. The van der Waals surface area contributed by atoms with E-state index in [4.69, 9.17) is 4.74 Å². The van der Waals surface area contributed by atoms with Crippen LogP contribution in [0.2, 0.25) is 0 Å². The van der Waals surface area contributed by atoms with Gasteiger partial charge in [0, 0.05) is 7.05 Å². The summed E-state index contributed by atoms with van der Waals surface area (Å²) in [5.41, 5.74) is 3.56. The normalized spacial score (nSPS) is 10.4. The summed E-state index contributed by atoms with van der Waals surface area (Å²) in [6, 6.07) is 4.27. The fraction of sp³-hybridized carbons (Fsp3) is 0.500. The van der Waals surface area contributed by atoms with E-state index in [1.807, 2.05) is 7.05 Å². The van der Waals surface area contributed by atoms with Crippen molar-refractivity contribution in [1.29, 1.82) is 0 Å². The fourth-order valence-corrected chi connectivity index (χ4v) is 1.68. The lowest BCUT2D eigenvalue weighted by Gasteiger charge is -2.17. The molecule has 1 rings (SSSR count). The lowest BCUT2D eigenvalue weighted by Crippen LogP contribution is -2.01.